The van der Waals surface area contributed by atoms with Crippen LogP contribution in [0.5, 0.6) is 5.75 Å². The average Bonchev–Trinajstić information content (AvgIpc) is 2.91. The Labute approximate surface area is 150 Å². The first-order chi connectivity index (χ1) is 12.7. The molecule has 7 heteroatoms. The molecule has 0 radical (unpaired) electrons. The van der Waals surface area contributed by atoms with Gasteiger partial charge in [0.25, 0.3) is 11.8 Å². The molecule has 0 unspecified atom stereocenters. The summed E-state index contributed by atoms with van der Waals surface area (Å²) in [5, 5.41) is 2.55. The number of fused-ring (bicyclic) bond motifs is 1. The third-order valence-electron chi connectivity index (χ3n) is 3.62. The van der Waals surface area contributed by atoms with Crippen LogP contribution in [-0.2, 0) is 4.79 Å². The molecule has 2 heterocycles. The molecular formula is C19H15N3O4. The van der Waals surface area contributed by atoms with Gasteiger partial charge in [-0.3, -0.25) is 24.3 Å². The minimum atomic E-state index is -0.461. The topological polar surface area (TPSA) is 88.6 Å². The van der Waals surface area contributed by atoms with E-state index in [1.54, 1.807) is 48.8 Å². The normalized spacial score (nSPS) is 12.2. The molecule has 1 aliphatic rings. The van der Waals surface area contributed by atoms with Gasteiger partial charge in [0.05, 0.1) is 23.9 Å². The third-order valence-corrected chi connectivity index (χ3v) is 3.62. The lowest BCUT2D eigenvalue weighted by Gasteiger charge is -2.12. The van der Waals surface area contributed by atoms with E-state index >= 15 is 0 Å². The highest BCUT2D eigenvalue weighted by atomic mass is 16.5. The molecule has 130 valence electrons. The van der Waals surface area contributed by atoms with Crippen LogP contribution in [0, 0.1) is 11.8 Å². The summed E-state index contributed by atoms with van der Waals surface area (Å²) in [4.78, 5) is 41.1. The number of hydrogen-bond donors (Lipinski definition) is 1. The third kappa shape index (κ3) is 3.87. The zero-order valence-corrected chi connectivity index (χ0v) is 13.8. The highest BCUT2D eigenvalue weighted by Gasteiger charge is 2.36. The Balaban J connectivity index is 1.44. The van der Waals surface area contributed by atoms with E-state index in [1.807, 2.05) is 0 Å². The van der Waals surface area contributed by atoms with E-state index in [1.165, 1.54) is 0 Å². The van der Waals surface area contributed by atoms with Crippen LogP contribution in [0.15, 0.2) is 48.8 Å². The molecule has 0 atom stereocenters. The maximum absolute atomic E-state index is 12.2. The van der Waals surface area contributed by atoms with Gasteiger partial charge < -0.3 is 10.1 Å². The van der Waals surface area contributed by atoms with E-state index in [9.17, 15) is 14.4 Å². The monoisotopic (exact) mass is 349 g/mol. The second-order valence-electron chi connectivity index (χ2n) is 5.35. The quantitative estimate of drug-likeness (QED) is 0.639. The molecule has 0 saturated carbocycles. The first kappa shape index (κ1) is 17.2. The van der Waals surface area contributed by atoms with Crippen molar-refractivity contribution >= 4 is 17.7 Å². The zero-order valence-electron chi connectivity index (χ0n) is 13.8. The number of benzene rings is 1. The lowest BCUT2D eigenvalue weighted by molar-refractivity contribution is -0.121. The number of amides is 3. The predicted molar refractivity (Wildman–Crippen MR) is 92.3 cm³/mol. The molecule has 2 aromatic rings. The molecule has 1 aromatic carbocycles. The molecule has 7 nitrogen and oxygen atoms in total. The van der Waals surface area contributed by atoms with E-state index in [2.05, 4.69) is 22.1 Å². The molecule has 0 bridgehead atoms. The SMILES string of the molecule is O=C(CN1C(=O)c2ccccc2C1=O)NCC#CCOc1cccnc1. The fourth-order valence-electron chi connectivity index (χ4n) is 2.39. The smallest absolute Gasteiger partial charge is 0.262 e. The van der Waals surface area contributed by atoms with E-state index in [0.717, 1.165) is 4.90 Å². The van der Waals surface area contributed by atoms with Gasteiger partial charge in [0.15, 0.2) is 0 Å². The molecule has 3 amide bonds. The van der Waals surface area contributed by atoms with Crippen molar-refractivity contribution in [2.75, 3.05) is 19.7 Å². The molecule has 0 spiro atoms. The van der Waals surface area contributed by atoms with Gasteiger partial charge in [-0.15, -0.1) is 0 Å². The van der Waals surface area contributed by atoms with Gasteiger partial charge in [-0.2, -0.15) is 0 Å². The number of imide groups is 1. The Bertz CT molecular complexity index is 865. The summed E-state index contributed by atoms with van der Waals surface area (Å²) in [6.07, 6.45) is 3.22. The van der Waals surface area contributed by atoms with Gasteiger partial charge in [-0.25, -0.2) is 0 Å². The second kappa shape index (κ2) is 7.94. The van der Waals surface area contributed by atoms with Crippen molar-refractivity contribution in [3.05, 3.63) is 59.9 Å². The first-order valence-corrected chi connectivity index (χ1v) is 7.87. The van der Waals surface area contributed by atoms with E-state index < -0.39 is 17.7 Å². The van der Waals surface area contributed by atoms with Gasteiger partial charge in [0, 0.05) is 6.20 Å². The van der Waals surface area contributed by atoms with Gasteiger partial charge in [0.2, 0.25) is 5.91 Å². The molecule has 1 aliphatic heterocycles. The number of nitrogens with one attached hydrogen (secondary N) is 1. The molecule has 1 aromatic heterocycles. The van der Waals surface area contributed by atoms with Gasteiger partial charge in [0.1, 0.15) is 18.9 Å². The molecular weight excluding hydrogens is 334 g/mol. The summed E-state index contributed by atoms with van der Waals surface area (Å²) in [5.41, 5.74) is 0.635. The lowest BCUT2D eigenvalue weighted by atomic mass is 10.1. The van der Waals surface area contributed by atoms with Crippen molar-refractivity contribution in [2.45, 2.75) is 0 Å². The summed E-state index contributed by atoms with van der Waals surface area (Å²) < 4.78 is 5.34. The van der Waals surface area contributed by atoms with Crippen molar-refractivity contribution in [1.29, 1.82) is 0 Å². The standard InChI is InChI=1S/C19H15N3O4/c23-17(21-10-3-4-11-26-14-6-5-9-20-12-14)13-22-18(24)15-7-1-2-8-16(15)19(22)25/h1-2,5-9,12H,10-11,13H2,(H,21,23). The van der Waals surface area contributed by atoms with Gasteiger partial charge in [-0.1, -0.05) is 24.0 Å². The van der Waals surface area contributed by atoms with Crippen molar-refractivity contribution < 1.29 is 19.1 Å². The van der Waals surface area contributed by atoms with Crippen LogP contribution >= 0.6 is 0 Å². The predicted octanol–water partition coefficient (Wildman–Crippen LogP) is 0.876. The first-order valence-electron chi connectivity index (χ1n) is 7.87. The Morgan fingerprint density at radius 3 is 2.46 bits per heavy atom. The highest BCUT2D eigenvalue weighted by molar-refractivity contribution is 6.22. The fourth-order valence-corrected chi connectivity index (χ4v) is 2.39. The summed E-state index contributed by atoms with van der Waals surface area (Å²) in [6, 6.07) is 10.0. The highest BCUT2D eigenvalue weighted by Crippen LogP contribution is 2.21. The fraction of sp³-hybridized carbons (Fsp3) is 0.158. The minimum absolute atomic E-state index is 0.0956. The van der Waals surface area contributed by atoms with Crippen LogP contribution in [0.4, 0.5) is 0 Å². The maximum atomic E-state index is 12.2. The number of pyridine rings is 1. The number of nitrogens with zero attached hydrogens (tertiary/aromatic N) is 2. The van der Waals surface area contributed by atoms with Crippen molar-refractivity contribution in [3.63, 3.8) is 0 Å². The van der Waals surface area contributed by atoms with Crippen LogP contribution in [0.2, 0.25) is 0 Å². The largest absolute Gasteiger partial charge is 0.479 e. The van der Waals surface area contributed by atoms with Crippen molar-refractivity contribution in [3.8, 4) is 17.6 Å². The van der Waals surface area contributed by atoms with Crippen LogP contribution in [-0.4, -0.2) is 47.3 Å². The summed E-state index contributed by atoms with van der Waals surface area (Å²) in [7, 11) is 0. The lowest BCUT2D eigenvalue weighted by Crippen LogP contribution is -2.40. The second-order valence-corrected chi connectivity index (χ2v) is 5.35. The number of rotatable bonds is 5. The summed E-state index contributed by atoms with van der Waals surface area (Å²) in [6.45, 7) is -0.0708. The summed E-state index contributed by atoms with van der Waals surface area (Å²) in [5.74, 6) is 4.72. The Morgan fingerprint density at radius 1 is 1.08 bits per heavy atom. The zero-order chi connectivity index (χ0) is 18.4. The van der Waals surface area contributed by atoms with E-state index in [-0.39, 0.29) is 19.7 Å². The van der Waals surface area contributed by atoms with Gasteiger partial charge >= 0.3 is 0 Å². The minimum Gasteiger partial charge on any atom is -0.479 e. The van der Waals surface area contributed by atoms with Crippen molar-refractivity contribution in [2.24, 2.45) is 0 Å². The molecule has 0 fully saturated rings. The average molecular weight is 349 g/mol. The molecule has 26 heavy (non-hydrogen) atoms. The Kier molecular flexibility index (Phi) is 5.25. The van der Waals surface area contributed by atoms with E-state index in [4.69, 9.17) is 4.74 Å². The van der Waals surface area contributed by atoms with Crippen LogP contribution in [0.1, 0.15) is 20.7 Å². The Morgan fingerprint density at radius 2 is 1.81 bits per heavy atom. The Hall–Kier alpha value is -3.66. The van der Waals surface area contributed by atoms with Crippen LogP contribution in [0.3, 0.4) is 0 Å². The number of aromatic nitrogens is 1. The number of carbonyl (C=O) groups excluding carboxylic acids is 3. The number of carbonyl (C=O) groups is 3. The van der Waals surface area contributed by atoms with Gasteiger partial charge in [-0.05, 0) is 24.3 Å². The van der Waals surface area contributed by atoms with Crippen LogP contribution < -0.4 is 10.1 Å². The summed E-state index contributed by atoms with van der Waals surface area (Å²) >= 11 is 0. The molecule has 0 saturated heterocycles. The van der Waals surface area contributed by atoms with E-state index in [0.29, 0.717) is 16.9 Å². The van der Waals surface area contributed by atoms with Crippen molar-refractivity contribution in [1.82, 2.24) is 15.2 Å². The number of hydrogen-bond acceptors (Lipinski definition) is 5. The number of ether oxygens (including phenoxy) is 1. The molecule has 1 N–H and O–H groups in total. The molecule has 3 rings (SSSR count). The molecule has 0 aliphatic carbocycles. The maximum Gasteiger partial charge on any atom is 0.262 e. The van der Waals surface area contributed by atoms with Crippen LogP contribution in [0.25, 0.3) is 0 Å².